The van der Waals surface area contributed by atoms with Crippen molar-refractivity contribution in [3.8, 4) is 5.75 Å². The van der Waals surface area contributed by atoms with Crippen molar-refractivity contribution in [1.29, 1.82) is 0 Å². The Labute approximate surface area is 164 Å². The van der Waals surface area contributed by atoms with Gasteiger partial charge in [-0.25, -0.2) is 0 Å². The van der Waals surface area contributed by atoms with Gasteiger partial charge in [-0.2, -0.15) is 4.98 Å². The second kappa shape index (κ2) is 8.74. The SMILES string of the molecule is Cc1nc(C2(NC(=O)CCCOc3ccc(Cl)cc3C)CCCCC2)no1. The average Bonchev–Trinajstić information content (AvgIpc) is 3.08. The molecule has 0 spiro atoms. The molecule has 1 N–H and O–H groups in total. The zero-order valence-corrected chi connectivity index (χ0v) is 16.6. The summed E-state index contributed by atoms with van der Waals surface area (Å²) in [5, 5.41) is 7.95. The Morgan fingerprint density at radius 2 is 2.07 bits per heavy atom. The lowest BCUT2D eigenvalue weighted by atomic mass is 9.81. The maximum Gasteiger partial charge on any atom is 0.223 e. The van der Waals surface area contributed by atoms with Crippen LogP contribution in [0.2, 0.25) is 5.02 Å². The third-order valence-corrected chi connectivity index (χ3v) is 5.22. The minimum Gasteiger partial charge on any atom is -0.493 e. The van der Waals surface area contributed by atoms with Gasteiger partial charge in [0.05, 0.1) is 6.61 Å². The molecule has 1 fully saturated rings. The number of aryl methyl sites for hydroxylation is 2. The Kier molecular flexibility index (Phi) is 6.37. The molecule has 0 atom stereocenters. The smallest absolute Gasteiger partial charge is 0.223 e. The van der Waals surface area contributed by atoms with E-state index < -0.39 is 5.54 Å². The van der Waals surface area contributed by atoms with Crippen LogP contribution in [0.15, 0.2) is 22.7 Å². The monoisotopic (exact) mass is 391 g/mol. The number of halogens is 1. The number of ether oxygens (including phenoxy) is 1. The van der Waals surface area contributed by atoms with Gasteiger partial charge in [0.2, 0.25) is 11.8 Å². The number of hydrogen-bond donors (Lipinski definition) is 1. The summed E-state index contributed by atoms with van der Waals surface area (Å²) in [4.78, 5) is 16.9. The summed E-state index contributed by atoms with van der Waals surface area (Å²) >= 11 is 5.95. The first-order valence-electron chi connectivity index (χ1n) is 9.49. The Morgan fingerprint density at radius 3 is 2.74 bits per heavy atom. The molecule has 0 aliphatic heterocycles. The minimum atomic E-state index is -0.499. The van der Waals surface area contributed by atoms with Crippen LogP contribution >= 0.6 is 11.6 Å². The molecule has 0 saturated heterocycles. The first kappa shape index (κ1) is 19.7. The van der Waals surface area contributed by atoms with Crippen LogP contribution in [0, 0.1) is 13.8 Å². The van der Waals surface area contributed by atoms with Crippen molar-refractivity contribution in [2.24, 2.45) is 0 Å². The number of aromatic nitrogens is 2. The lowest BCUT2D eigenvalue weighted by Crippen LogP contribution is -2.48. The lowest BCUT2D eigenvalue weighted by Gasteiger charge is -2.35. The van der Waals surface area contributed by atoms with Gasteiger partial charge in [0.15, 0.2) is 5.82 Å². The molecule has 146 valence electrons. The van der Waals surface area contributed by atoms with Gasteiger partial charge in [-0.15, -0.1) is 0 Å². The molecule has 2 aromatic rings. The molecule has 0 bridgehead atoms. The van der Waals surface area contributed by atoms with E-state index in [-0.39, 0.29) is 5.91 Å². The molecule has 1 aliphatic carbocycles. The fourth-order valence-corrected chi connectivity index (χ4v) is 3.80. The third kappa shape index (κ3) is 5.01. The summed E-state index contributed by atoms with van der Waals surface area (Å²) in [6, 6.07) is 5.52. The molecule has 1 aromatic carbocycles. The van der Waals surface area contributed by atoms with Gasteiger partial charge in [-0.1, -0.05) is 36.0 Å². The number of rotatable bonds is 7. The number of amides is 1. The summed E-state index contributed by atoms with van der Waals surface area (Å²) in [5.74, 6) is 1.92. The molecule has 1 aliphatic rings. The van der Waals surface area contributed by atoms with Crippen molar-refractivity contribution in [3.63, 3.8) is 0 Å². The predicted octanol–water partition coefficient (Wildman–Crippen LogP) is 4.47. The summed E-state index contributed by atoms with van der Waals surface area (Å²) in [6.45, 7) is 4.20. The first-order chi connectivity index (χ1) is 13.0. The van der Waals surface area contributed by atoms with Gasteiger partial charge < -0.3 is 14.6 Å². The number of carbonyl (C=O) groups is 1. The number of nitrogens with one attached hydrogen (secondary N) is 1. The fraction of sp³-hybridized carbons (Fsp3) is 0.550. The standard InChI is InChI=1S/C20H26ClN3O3/c1-14-13-16(21)8-9-17(14)26-12-6-7-18(25)23-20(10-4-3-5-11-20)19-22-15(2)27-24-19/h8-9,13H,3-7,10-12H2,1-2H3,(H,23,25). The van der Waals surface area contributed by atoms with E-state index in [0.29, 0.717) is 36.2 Å². The van der Waals surface area contributed by atoms with Crippen LogP contribution < -0.4 is 10.1 Å². The normalized spacial score (nSPS) is 16.1. The maximum atomic E-state index is 12.5. The van der Waals surface area contributed by atoms with Crippen molar-refractivity contribution in [2.45, 2.75) is 64.3 Å². The molecule has 27 heavy (non-hydrogen) atoms. The topological polar surface area (TPSA) is 77.2 Å². The highest BCUT2D eigenvalue weighted by atomic mass is 35.5. The highest BCUT2D eigenvalue weighted by Crippen LogP contribution is 2.35. The Morgan fingerprint density at radius 1 is 1.30 bits per heavy atom. The van der Waals surface area contributed by atoms with Crippen molar-refractivity contribution in [3.05, 3.63) is 40.5 Å². The first-order valence-corrected chi connectivity index (χ1v) is 9.87. The minimum absolute atomic E-state index is 0.00391. The van der Waals surface area contributed by atoms with Crippen LogP contribution in [-0.2, 0) is 10.3 Å². The van der Waals surface area contributed by atoms with E-state index in [1.165, 1.54) is 6.42 Å². The second-order valence-corrected chi connectivity index (χ2v) is 7.63. The molecular formula is C20H26ClN3O3. The summed E-state index contributed by atoms with van der Waals surface area (Å²) in [7, 11) is 0. The van der Waals surface area contributed by atoms with Crippen molar-refractivity contribution in [1.82, 2.24) is 15.5 Å². The zero-order chi connectivity index (χ0) is 19.3. The molecule has 7 heteroatoms. The third-order valence-electron chi connectivity index (χ3n) is 4.98. The molecule has 6 nitrogen and oxygen atoms in total. The van der Waals surface area contributed by atoms with Crippen LogP contribution in [0.4, 0.5) is 0 Å². The molecule has 1 heterocycles. The largest absolute Gasteiger partial charge is 0.493 e. The highest BCUT2D eigenvalue weighted by Gasteiger charge is 2.39. The molecule has 1 saturated carbocycles. The average molecular weight is 392 g/mol. The molecule has 1 aromatic heterocycles. The predicted molar refractivity (Wildman–Crippen MR) is 103 cm³/mol. The van der Waals surface area contributed by atoms with Crippen molar-refractivity contribution >= 4 is 17.5 Å². The van der Waals surface area contributed by atoms with E-state index in [2.05, 4.69) is 15.5 Å². The maximum absolute atomic E-state index is 12.5. The molecule has 3 rings (SSSR count). The molecule has 0 unspecified atom stereocenters. The quantitative estimate of drug-likeness (QED) is 0.704. The number of benzene rings is 1. The van der Waals surface area contributed by atoms with E-state index in [0.717, 1.165) is 37.0 Å². The van der Waals surface area contributed by atoms with Crippen LogP contribution in [0.1, 0.15) is 62.2 Å². The second-order valence-electron chi connectivity index (χ2n) is 7.19. The zero-order valence-electron chi connectivity index (χ0n) is 15.9. The van der Waals surface area contributed by atoms with Gasteiger partial charge in [0, 0.05) is 18.4 Å². The number of nitrogens with zero attached hydrogens (tertiary/aromatic N) is 2. The van der Waals surface area contributed by atoms with Gasteiger partial charge in [-0.3, -0.25) is 4.79 Å². The Hall–Kier alpha value is -2.08. The molecule has 1 amide bonds. The van der Waals surface area contributed by atoms with Gasteiger partial charge >= 0.3 is 0 Å². The van der Waals surface area contributed by atoms with E-state index in [4.69, 9.17) is 20.9 Å². The van der Waals surface area contributed by atoms with Crippen LogP contribution in [-0.4, -0.2) is 22.7 Å². The van der Waals surface area contributed by atoms with Crippen molar-refractivity contribution < 1.29 is 14.1 Å². The van der Waals surface area contributed by atoms with Gasteiger partial charge in [0.1, 0.15) is 11.3 Å². The van der Waals surface area contributed by atoms with E-state index in [1.807, 2.05) is 19.1 Å². The van der Waals surface area contributed by atoms with Gasteiger partial charge in [0.25, 0.3) is 0 Å². The summed E-state index contributed by atoms with van der Waals surface area (Å²) in [6.07, 6.45) is 5.99. The van der Waals surface area contributed by atoms with E-state index in [1.54, 1.807) is 13.0 Å². The van der Waals surface area contributed by atoms with E-state index >= 15 is 0 Å². The van der Waals surface area contributed by atoms with Crippen molar-refractivity contribution in [2.75, 3.05) is 6.61 Å². The highest BCUT2D eigenvalue weighted by molar-refractivity contribution is 6.30. The number of carbonyl (C=O) groups excluding carboxylic acids is 1. The summed E-state index contributed by atoms with van der Waals surface area (Å²) < 4.78 is 10.9. The lowest BCUT2D eigenvalue weighted by molar-refractivity contribution is -0.124. The molecular weight excluding hydrogens is 366 g/mol. The Balaban J connectivity index is 1.52. The van der Waals surface area contributed by atoms with Gasteiger partial charge in [-0.05, 0) is 49.9 Å². The molecule has 0 radical (unpaired) electrons. The number of hydrogen-bond acceptors (Lipinski definition) is 5. The van der Waals surface area contributed by atoms with Crippen LogP contribution in [0.3, 0.4) is 0 Å². The van der Waals surface area contributed by atoms with Crippen LogP contribution in [0.5, 0.6) is 5.75 Å². The summed E-state index contributed by atoms with van der Waals surface area (Å²) in [5.41, 5.74) is 0.487. The van der Waals surface area contributed by atoms with Crippen LogP contribution in [0.25, 0.3) is 0 Å². The Bertz CT molecular complexity index is 785. The fourth-order valence-electron chi connectivity index (χ4n) is 3.57. The van der Waals surface area contributed by atoms with E-state index in [9.17, 15) is 4.79 Å².